The highest BCUT2D eigenvalue weighted by Gasteiger charge is 2.46. The van der Waals surface area contributed by atoms with E-state index in [0.29, 0.717) is 0 Å². The molecule has 20 heteroatoms. The lowest BCUT2D eigenvalue weighted by Gasteiger charge is -2.17. The summed E-state index contributed by atoms with van der Waals surface area (Å²) in [5.74, 6) is 0. The highest BCUT2D eigenvalue weighted by atomic mass is 19.4. The Morgan fingerprint density at radius 1 is 0.362 bits per heavy atom. The molecule has 0 aliphatic heterocycles. The summed E-state index contributed by atoms with van der Waals surface area (Å²) in [6.45, 7) is 0. The first-order chi connectivity index (χ1) is 27.0. The molecule has 0 spiro atoms. The summed E-state index contributed by atoms with van der Waals surface area (Å²) in [6, 6.07) is 11.0. The smallest absolute Gasteiger partial charge is 0.192 e. The molecule has 0 N–H and O–H groups in total. The van der Waals surface area contributed by atoms with Crippen molar-refractivity contribution in [2.24, 2.45) is 0 Å². The lowest BCUT2D eigenvalue weighted by molar-refractivity contribution is -0.144. The van der Waals surface area contributed by atoms with Crippen LogP contribution in [0.3, 0.4) is 0 Å². The van der Waals surface area contributed by atoms with Crippen LogP contribution < -0.4 is 0 Å². The van der Waals surface area contributed by atoms with Crippen LogP contribution in [-0.2, 0) is 24.7 Å². The maximum absolute atomic E-state index is 14.0. The van der Waals surface area contributed by atoms with Crippen LogP contribution in [0.4, 0.5) is 52.7 Å². The first-order valence-corrected chi connectivity index (χ1v) is 15.0. The van der Waals surface area contributed by atoms with Gasteiger partial charge >= 0.3 is 24.7 Å². The zero-order chi connectivity index (χ0) is 43.4. The van der Waals surface area contributed by atoms with Gasteiger partial charge in [-0.15, -0.1) is 0 Å². The maximum atomic E-state index is 14.0. The molecule has 0 saturated carbocycles. The van der Waals surface area contributed by atoms with Crippen molar-refractivity contribution in [3.63, 3.8) is 0 Å². The predicted octanol–water partition coefficient (Wildman–Crippen LogP) is 10.0. The summed E-state index contributed by atoms with van der Waals surface area (Å²) in [5, 5.41) is 82.0. The molecule has 0 unspecified atom stereocenters. The molecule has 0 radical (unpaired) electrons. The molecular weight excluding hydrogens is 796 g/mol. The van der Waals surface area contributed by atoms with Crippen LogP contribution in [0, 0.1) is 90.6 Å². The fourth-order valence-electron chi connectivity index (χ4n) is 6.50. The summed E-state index contributed by atoms with van der Waals surface area (Å²) >= 11 is 0. The topological polar surface area (TPSA) is 190 Å². The molecule has 2 aliphatic carbocycles. The maximum Gasteiger partial charge on any atom is 0.416 e. The monoisotopic (exact) mass is 802 g/mol. The molecule has 0 aromatic heterocycles. The number of nitriles is 8. The number of nitrogens with zero attached hydrogens (tertiary/aromatic N) is 8. The molecular formula is C38H6F12N8. The number of benzene rings is 3. The van der Waals surface area contributed by atoms with Crippen molar-refractivity contribution in [3.8, 4) is 48.6 Å². The second kappa shape index (κ2) is 13.8. The van der Waals surface area contributed by atoms with Gasteiger partial charge in [-0.1, -0.05) is 0 Å². The Morgan fingerprint density at radius 2 is 0.621 bits per heavy atom. The van der Waals surface area contributed by atoms with E-state index >= 15 is 0 Å². The predicted molar refractivity (Wildman–Crippen MR) is 170 cm³/mol. The van der Waals surface area contributed by atoms with E-state index in [4.69, 9.17) is 0 Å². The lowest BCUT2D eigenvalue weighted by atomic mass is 9.82. The number of rotatable bonds is 2. The van der Waals surface area contributed by atoms with Crippen LogP contribution in [0.1, 0.15) is 66.8 Å². The molecule has 0 fully saturated rings. The van der Waals surface area contributed by atoms with Gasteiger partial charge in [0.15, 0.2) is 0 Å². The average Bonchev–Trinajstić information content (AvgIpc) is 3.67. The third-order valence-corrected chi connectivity index (χ3v) is 8.65. The van der Waals surface area contributed by atoms with E-state index in [1.54, 1.807) is 0 Å². The molecule has 5 rings (SSSR count). The van der Waals surface area contributed by atoms with Crippen LogP contribution in [0.25, 0.3) is 33.4 Å². The molecule has 0 atom stereocenters. The molecule has 8 nitrogen and oxygen atoms in total. The molecule has 3 aromatic rings. The minimum atomic E-state index is -5.51. The van der Waals surface area contributed by atoms with E-state index in [1.807, 2.05) is 0 Å². The Morgan fingerprint density at radius 3 is 0.810 bits per heavy atom. The van der Waals surface area contributed by atoms with E-state index < -0.39 is 136 Å². The van der Waals surface area contributed by atoms with Gasteiger partial charge < -0.3 is 0 Å². The van der Waals surface area contributed by atoms with Gasteiger partial charge in [0.1, 0.15) is 59.7 Å². The van der Waals surface area contributed by atoms with Crippen molar-refractivity contribution in [1.29, 1.82) is 42.1 Å². The van der Waals surface area contributed by atoms with Gasteiger partial charge in [-0.25, -0.2) is 0 Å². The summed E-state index contributed by atoms with van der Waals surface area (Å²) in [5.41, 5.74) is -24.7. The van der Waals surface area contributed by atoms with E-state index in [9.17, 15) is 94.8 Å². The fraction of sp³-hybridized carbons (Fsp3) is 0.105. The van der Waals surface area contributed by atoms with E-state index in [-0.39, 0.29) is 36.4 Å². The molecule has 0 saturated heterocycles. The fourth-order valence-corrected chi connectivity index (χ4v) is 6.50. The zero-order valence-electron chi connectivity index (χ0n) is 27.6. The standard InChI is InChI=1S/C38H6F12N8/c39-35(40,41)19-1-15(2-20(5-19)36(42,43)44)27-23(11-55)31-25(13-57)34-30(18(9-53)10-54)28(16-3-21(37(45,46)47)6-22(4-16)38(48,49)50)24(12-56)32(34)26(14-58)33(31)29(27)17(7-51)8-52/h1-6H. The first kappa shape index (κ1) is 40.9. The van der Waals surface area contributed by atoms with Crippen molar-refractivity contribution in [2.75, 3.05) is 0 Å². The second-order valence-electron chi connectivity index (χ2n) is 11.7. The summed E-state index contributed by atoms with van der Waals surface area (Å²) in [6.07, 6.45) is -22.0. The van der Waals surface area contributed by atoms with Crippen molar-refractivity contribution in [1.82, 2.24) is 0 Å². The highest BCUT2D eigenvalue weighted by molar-refractivity contribution is 6.32. The third kappa shape index (κ3) is 6.38. The largest absolute Gasteiger partial charge is 0.416 e. The van der Waals surface area contributed by atoms with Crippen LogP contribution in [0.15, 0.2) is 47.5 Å². The van der Waals surface area contributed by atoms with Gasteiger partial charge in [-0.2, -0.15) is 94.8 Å². The van der Waals surface area contributed by atoms with Gasteiger partial charge in [0.2, 0.25) is 0 Å². The van der Waals surface area contributed by atoms with Gasteiger partial charge in [0, 0.05) is 44.5 Å². The lowest BCUT2D eigenvalue weighted by Crippen LogP contribution is -2.12. The Bertz CT molecular complexity index is 2620. The normalized spacial score (nSPS) is 13.5. The van der Waals surface area contributed by atoms with Crippen molar-refractivity contribution in [2.45, 2.75) is 24.7 Å². The van der Waals surface area contributed by atoms with Gasteiger partial charge in [0.05, 0.1) is 44.5 Å². The van der Waals surface area contributed by atoms with E-state index in [0.717, 1.165) is 0 Å². The Labute approximate surface area is 315 Å². The quantitative estimate of drug-likeness (QED) is 0.181. The summed E-state index contributed by atoms with van der Waals surface area (Å²) < 4.78 is 168. The number of allylic oxidation sites excluding steroid dienone is 8. The number of halogens is 12. The van der Waals surface area contributed by atoms with E-state index in [2.05, 4.69) is 0 Å². The summed E-state index contributed by atoms with van der Waals surface area (Å²) in [4.78, 5) is 0. The average molecular weight is 802 g/mol. The number of alkyl halides is 12. The van der Waals surface area contributed by atoms with Crippen LogP contribution in [0.5, 0.6) is 0 Å². The number of hydrogen-bond donors (Lipinski definition) is 0. The summed E-state index contributed by atoms with van der Waals surface area (Å²) in [7, 11) is 0. The highest BCUT2D eigenvalue weighted by Crippen LogP contribution is 2.59. The second-order valence-corrected chi connectivity index (χ2v) is 11.7. The van der Waals surface area contributed by atoms with Gasteiger partial charge in [-0.05, 0) is 47.5 Å². The third-order valence-electron chi connectivity index (χ3n) is 8.65. The molecule has 58 heavy (non-hydrogen) atoms. The zero-order valence-corrected chi connectivity index (χ0v) is 27.6. The molecule has 2 aliphatic rings. The number of hydrogen-bond acceptors (Lipinski definition) is 8. The van der Waals surface area contributed by atoms with E-state index in [1.165, 1.54) is 48.6 Å². The Kier molecular flexibility index (Phi) is 9.71. The van der Waals surface area contributed by atoms with Crippen LogP contribution in [-0.4, -0.2) is 0 Å². The van der Waals surface area contributed by atoms with Crippen LogP contribution >= 0.6 is 0 Å². The molecule has 282 valence electrons. The Balaban J connectivity index is 2.12. The van der Waals surface area contributed by atoms with Gasteiger partial charge in [-0.3, -0.25) is 0 Å². The SMILES string of the molecule is N#CC(C#N)=C1C(c2cc(C(F)(F)F)cc(C(F)(F)F)c2)=C(C#N)c2c(C#N)c3c(c(C#N)c21)C(C#N)=C(c1cc(C(F)(F)F)cc(C(F)(F)F)c1)C3=C(C#N)C#N. The Hall–Kier alpha value is -8.30. The van der Waals surface area contributed by atoms with Crippen molar-refractivity contribution in [3.05, 3.63) is 114 Å². The molecule has 0 heterocycles. The molecule has 0 amide bonds. The minimum absolute atomic E-state index is 0.0886. The first-order valence-electron chi connectivity index (χ1n) is 15.0. The van der Waals surface area contributed by atoms with Gasteiger partial charge in [0.25, 0.3) is 0 Å². The van der Waals surface area contributed by atoms with Crippen LogP contribution in [0.2, 0.25) is 0 Å². The minimum Gasteiger partial charge on any atom is -0.192 e. The number of fused-ring (bicyclic) bond motifs is 2. The van der Waals surface area contributed by atoms with Crippen molar-refractivity contribution >= 4 is 33.4 Å². The van der Waals surface area contributed by atoms with Crippen molar-refractivity contribution < 1.29 is 52.7 Å². The molecule has 0 bridgehead atoms. The molecule has 3 aromatic carbocycles.